The summed E-state index contributed by atoms with van der Waals surface area (Å²) < 4.78 is 20.4. The zero-order valence-electron chi connectivity index (χ0n) is 17.8. The predicted molar refractivity (Wildman–Crippen MR) is 115 cm³/mol. The van der Waals surface area contributed by atoms with Gasteiger partial charge in [-0.2, -0.15) is 0 Å². The average Bonchev–Trinajstić information content (AvgIpc) is 2.75. The fourth-order valence-electron chi connectivity index (χ4n) is 3.66. The minimum absolute atomic E-state index is 0.0196. The van der Waals surface area contributed by atoms with Gasteiger partial charge in [0.1, 0.15) is 23.4 Å². The molecular formula is C23H27FN4O3. The summed E-state index contributed by atoms with van der Waals surface area (Å²) in [5.74, 6) is -0.557. The van der Waals surface area contributed by atoms with E-state index in [4.69, 9.17) is 10.5 Å². The van der Waals surface area contributed by atoms with E-state index in [1.807, 2.05) is 13.0 Å². The van der Waals surface area contributed by atoms with Gasteiger partial charge in [-0.3, -0.25) is 14.5 Å². The van der Waals surface area contributed by atoms with Crippen LogP contribution in [-0.2, 0) is 4.79 Å². The van der Waals surface area contributed by atoms with Gasteiger partial charge in [0.25, 0.3) is 5.91 Å². The molecule has 1 saturated heterocycles. The van der Waals surface area contributed by atoms with Gasteiger partial charge in [-0.15, -0.1) is 0 Å². The van der Waals surface area contributed by atoms with E-state index in [1.54, 1.807) is 24.0 Å². The van der Waals surface area contributed by atoms with E-state index in [-0.39, 0.29) is 23.5 Å². The van der Waals surface area contributed by atoms with Crippen molar-refractivity contribution >= 4 is 11.8 Å². The number of hydrogen-bond acceptors (Lipinski definition) is 5. The third-order valence-corrected chi connectivity index (χ3v) is 5.43. The Morgan fingerprint density at radius 2 is 2.13 bits per heavy atom. The van der Waals surface area contributed by atoms with Crippen LogP contribution >= 0.6 is 0 Å². The average molecular weight is 426 g/mol. The number of nitrogens with two attached hydrogens (primary N) is 1. The van der Waals surface area contributed by atoms with Crippen molar-refractivity contribution in [1.82, 2.24) is 14.8 Å². The molecule has 1 aliphatic rings. The number of aryl methyl sites for hydroxylation is 1. The Morgan fingerprint density at radius 1 is 1.35 bits per heavy atom. The smallest absolute Gasteiger partial charge is 0.267 e. The highest BCUT2D eigenvalue weighted by Gasteiger charge is 2.28. The quantitative estimate of drug-likeness (QED) is 0.687. The summed E-state index contributed by atoms with van der Waals surface area (Å²) in [5.41, 5.74) is 6.63. The molecule has 7 nitrogen and oxygen atoms in total. The molecule has 0 aliphatic carbocycles. The van der Waals surface area contributed by atoms with Crippen LogP contribution in [0.3, 0.4) is 0 Å². The molecule has 31 heavy (non-hydrogen) atoms. The van der Waals surface area contributed by atoms with Gasteiger partial charge in [-0.1, -0.05) is 18.7 Å². The highest BCUT2D eigenvalue weighted by Crippen LogP contribution is 2.25. The number of rotatable bonds is 7. The van der Waals surface area contributed by atoms with Gasteiger partial charge in [0.15, 0.2) is 0 Å². The molecule has 2 N–H and O–H groups in total. The van der Waals surface area contributed by atoms with Gasteiger partial charge < -0.3 is 15.4 Å². The Morgan fingerprint density at radius 3 is 2.71 bits per heavy atom. The van der Waals surface area contributed by atoms with Gasteiger partial charge >= 0.3 is 0 Å². The van der Waals surface area contributed by atoms with E-state index in [9.17, 15) is 14.0 Å². The standard InChI is InChI=1S/C23H27FN4O3/c1-4-22(29)28-10-9-27(13-16(28)3)14-21(17-6-5-15(2)19(24)11-17)31-18-7-8-20(23(25)30)26-12-18/h4-8,11-12,16,21H,1,9-10,13-14H2,2-3H3,(H2,25,30)/t16-,21+/m1/s1. The number of hydrogen-bond donors (Lipinski definition) is 1. The van der Waals surface area contributed by atoms with E-state index < -0.39 is 12.0 Å². The van der Waals surface area contributed by atoms with Crippen LogP contribution in [0.15, 0.2) is 49.2 Å². The Balaban J connectivity index is 1.79. The molecule has 1 aliphatic heterocycles. The van der Waals surface area contributed by atoms with Gasteiger partial charge in [0.05, 0.1) is 6.20 Å². The van der Waals surface area contributed by atoms with Crippen molar-refractivity contribution in [2.45, 2.75) is 26.0 Å². The Bertz CT molecular complexity index is 964. The van der Waals surface area contributed by atoms with Gasteiger partial charge in [-0.25, -0.2) is 9.37 Å². The first-order valence-corrected chi connectivity index (χ1v) is 10.1. The Labute approximate surface area is 181 Å². The lowest BCUT2D eigenvalue weighted by Crippen LogP contribution is -2.54. The van der Waals surface area contributed by atoms with Crippen LogP contribution in [0.1, 0.15) is 34.6 Å². The molecule has 1 aromatic heterocycles. The van der Waals surface area contributed by atoms with E-state index in [2.05, 4.69) is 16.5 Å². The largest absolute Gasteiger partial charge is 0.483 e. The SMILES string of the molecule is C=CC(=O)N1CCN(C[C@H](Oc2ccc(C(N)=O)nc2)c2ccc(C)c(F)c2)C[C@H]1C. The molecule has 0 unspecified atom stereocenters. The molecule has 2 amide bonds. The molecule has 0 spiro atoms. The van der Waals surface area contributed by atoms with E-state index in [0.29, 0.717) is 43.1 Å². The van der Waals surface area contributed by atoms with Crippen molar-refractivity contribution in [2.24, 2.45) is 5.73 Å². The van der Waals surface area contributed by atoms with Gasteiger partial charge in [-0.05, 0) is 49.2 Å². The van der Waals surface area contributed by atoms with Crippen LogP contribution in [0, 0.1) is 12.7 Å². The third kappa shape index (κ3) is 5.46. The Hall–Kier alpha value is -3.26. The molecule has 3 rings (SSSR count). The van der Waals surface area contributed by atoms with E-state index in [1.165, 1.54) is 24.4 Å². The second-order valence-corrected chi connectivity index (χ2v) is 7.70. The van der Waals surface area contributed by atoms with Crippen LogP contribution < -0.4 is 10.5 Å². The summed E-state index contributed by atoms with van der Waals surface area (Å²) >= 11 is 0. The van der Waals surface area contributed by atoms with Crippen LogP contribution in [0.25, 0.3) is 0 Å². The molecule has 2 atom stereocenters. The minimum atomic E-state index is -0.621. The number of carbonyl (C=O) groups is 2. The fourth-order valence-corrected chi connectivity index (χ4v) is 3.66. The van der Waals surface area contributed by atoms with Crippen molar-refractivity contribution in [3.05, 3.63) is 71.8 Å². The normalized spacial score (nSPS) is 17.8. The van der Waals surface area contributed by atoms with Crippen molar-refractivity contribution in [2.75, 3.05) is 26.2 Å². The van der Waals surface area contributed by atoms with Gasteiger partial charge in [0.2, 0.25) is 5.91 Å². The number of pyridine rings is 1. The second-order valence-electron chi connectivity index (χ2n) is 7.70. The lowest BCUT2D eigenvalue weighted by atomic mass is 10.0. The molecule has 0 radical (unpaired) electrons. The topological polar surface area (TPSA) is 88.8 Å². The van der Waals surface area contributed by atoms with Crippen LogP contribution in [0.5, 0.6) is 5.75 Å². The zero-order valence-corrected chi connectivity index (χ0v) is 17.8. The maximum absolute atomic E-state index is 14.3. The lowest BCUT2D eigenvalue weighted by Gasteiger charge is -2.40. The molecule has 1 fully saturated rings. The van der Waals surface area contributed by atoms with Crippen molar-refractivity contribution < 1.29 is 18.7 Å². The summed E-state index contributed by atoms with van der Waals surface area (Å²) in [6.45, 7) is 9.66. The van der Waals surface area contributed by atoms with Crippen LogP contribution in [-0.4, -0.2) is 58.8 Å². The number of carbonyl (C=O) groups excluding carboxylic acids is 2. The Kier molecular flexibility index (Phi) is 7.02. The molecular weight excluding hydrogens is 399 g/mol. The van der Waals surface area contributed by atoms with E-state index in [0.717, 1.165) is 0 Å². The first kappa shape index (κ1) is 22.4. The highest BCUT2D eigenvalue weighted by molar-refractivity contribution is 5.90. The first-order valence-electron chi connectivity index (χ1n) is 10.1. The molecule has 164 valence electrons. The van der Waals surface area contributed by atoms with Gasteiger partial charge in [0, 0.05) is 32.2 Å². The van der Waals surface area contributed by atoms with Crippen molar-refractivity contribution in [3.8, 4) is 5.75 Å². The van der Waals surface area contributed by atoms with Crippen molar-refractivity contribution in [1.29, 1.82) is 0 Å². The lowest BCUT2D eigenvalue weighted by molar-refractivity contribution is -0.130. The molecule has 1 aromatic carbocycles. The molecule has 2 aromatic rings. The maximum Gasteiger partial charge on any atom is 0.267 e. The fraction of sp³-hybridized carbons (Fsp3) is 0.348. The number of aromatic nitrogens is 1. The van der Waals surface area contributed by atoms with E-state index >= 15 is 0 Å². The molecule has 2 heterocycles. The third-order valence-electron chi connectivity index (χ3n) is 5.43. The van der Waals surface area contributed by atoms with Crippen LogP contribution in [0.2, 0.25) is 0 Å². The number of nitrogens with zero attached hydrogens (tertiary/aromatic N) is 3. The number of primary amides is 1. The predicted octanol–water partition coefficient (Wildman–Crippen LogP) is 2.47. The number of ether oxygens (including phenoxy) is 1. The minimum Gasteiger partial charge on any atom is -0.483 e. The monoisotopic (exact) mass is 426 g/mol. The number of amides is 2. The molecule has 8 heteroatoms. The maximum atomic E-state index is 14.3. The summed E-state index contributed by atoms with van der Waals surface area (Å²) in [6, 6.07) is 8.17. The number of piperazine rings is 1. The second kappa shape index (κ2) is 9.70. The molecule has 0 bridgehead atoms. The summed E-state index contributed by atoms with van der Waals surface area (Å²) in [7, 11) is 0. The number of halogens is 1. The van der Waals surface area contributed by atoms with Crippen molar-refractivity contribution in [3.63, 3.8) is 0 Å². The summed E-state index contributed by atoms with van der Waals surface area (Å²) in [6.07, 6.45) is 2.29. The summed E-state index contributed by atoms with van der Waals surface area (Å²) in [5, 5.41) is 0. The zero-order chi connectivity index (χ0) is 22.5. The highest BCUT2D eigenvalue weighted by atomic mass is 19.1. The number of benzene rings is 1. The van der Waals surface area contributed by atoms with Crippen LogP contribution in [0.4, 0.5) is 4.39 Å². The molecule has 0 saturated carbocycles. The first-order chi connectivity index (χ1) is 14.8. The summed E-state index contributed by atoms with van der Waals surface area (Å²) in [4.78, 5) is 31.2.